The van der Waals surface area contributed by atoms with Gasteiger partial charge in [0, 0.05) is 12.5 Å². The summed E-state index contributed by atoms with van der Waals surface area (Å²) in [7, 11) is 0. The van der Waals surface area contributed by atoms with E-state index < -0.39 is 12.6 Å². The summed E-state index contributed by atoms with van der Waals surface area (Å²) in [6.07, 6.45) is -5.52. The number of aromatic nitrogens is 4. The summed E-state index contributed by atoms with van der Waals surface area (Å²) in [4.78, 5) is 7.59. The van der Waals surface area contributed by atoms with E-state index in [1.807, 2.05) is 0 Å². The second-order valence-electron chi connectivity index (χ2n) is 3.35. The van der Waals surface area contributed by atoms with Gasteiger partial charge in [0.25, 0.3) is 0 Å². The topological polar surface area (TPSA) is 69.1 Å². The molecule has 5 nitrogen and oxygen atoms in total. The van der Waals surface area contributed by atoms with Gasteiger partial charge in [-0.3, -0.25) is 0 Å². The van der Waals surface area contributed by atoms with Crippen LogP contribution in [0.5, 0.6) is 0 Å². The van der Waals surface area contributed by atoms with Crippen LogP contribution in [0.3, 0.4) is 0 Å². The number of nitrogens with two attached hydrogens (primary N) is 1. The van der Waals surface area contributed by atoms with E-state index in [1.54, 1.807) is 0 Å². The van der Waals surface area contributed by atoms with Gasteiger partial charge in [-0.25, -0.2) is 9.97 Å². The molecule has 0 spiro atoms. The highest BCUT2D eigenvalue weighted by Gasteiger charge is 2.27. The molecule has 0 aliphatic heterocycles. The number of halogens is 4. The van der Waals surface area contributed by atoms with Gasteiger partial charge in [0.05, 0.1) is 6.42 Å². The van der Waals surface area contributed by atoms with Gasteiger partial charge in [0.1, 0.15) is 5.15 Å². The summed E-state index contributed by atoms with van der Waals surface area (Å²) < 4.78 is 37.2. The van der Waals surface area contributed by atoms with E-state index in [0.29, 0.717) is 0 Å². The molecule has 2 aromatic heterocycles. The molecule has 0 aliphatic carbocycles. The molecule has 2 N–H and O–H groups in total. The molecule has 0 bridgehead atoms. The fourth-order valence-corrected chi connectivity index (χ4v) is 1.47. The number of nitrogen functional groups attached to an aromatic ring is 1. The molecule has 2 heterocycles. The Morgan fingerprint density at radius 3 is 2.71 bits per heavy atom. The summed E-state index contributed by atoms with van der Waals surface area (Å²) in [6.45, 7) is 0. The summed E-state index contributed by atoms with van der Waals surface area (Å²) in [6, 6.07) is 1.38. The van der Waals surface area contributed by atoms with Gasteiger partial charge < -0.3 is 5.73 Å². The minimum atomic E-state index is -4.24. The lowest BCUT2D eigenvalue weighted by atomic mass is 10.3. The monoisotopic (exact) mass is 265 g/mol. The normalized spacial score (nSPS) is 12.2. The molecule has 0 saturated heterocycles. The minimum absolute atomic E-state index is 0.0155. The quantitative estimate of drug-likeness (QED) is 0.842. The van der Waals surface area contributed by atoms with Crippen molar-refractivity contribution in [2.45, 2.75) is 19.0 Å². The minimum Gasteiger partial charge on any atom is -0.368 e. The standard InChI is InChI=1S/C8H7ClF3N5/c9-4-3-6-15-5(1-2-8(10,11)12)16-17(6)7(13)14-4/h3H,1-2H2,(H2,13,14). The van der Waals surface area contributed by atoms with Crippen molar-refractivity contribution in [3.63, 3.8) is 0 Å². The average Bonchev–Trinajstić information content (AvgIpc) is 2.56. The highest BCUT2D eigenvalue weighted by molar-refractivity contribution is 6.29. The van der Waals surface area contributed by atoms with Crippen molar-refractivity contribution in [1.82, 2.24) is 19.6 Å². The van der Waals surface area contributed by atoms with Gasteiger partial charge in [-0.15, -0.1) is 5.10 Å². The van der Waals surface area contributed by atoms with E-state index in [2.05, 4.69) is 15.1 Å². The highest BCUT2D eigenvalue weighted by Crippen LogP contribution is 2.21. The average molecular weight is 266 g/mol. The van der Waals surface area contributed by atoms with Crippen LogP contribution in [-0.4, -0.2) is 25.8 Å². The second-order valence-corrected chi connectivity index (χ2v) is 3.74. The maximum atomic E-state index is 12.0. The van der Waals surface area contributed by atoms with E-state index in [1.165, 1.54) is 6.07 Å². The molecule has 9 heteroatoms. The Labute approximate surface area is 98.4 Å². The first-order valence-electron chi connectivity index (χ1n) is 4.59. The summed E-state index contributed by atoms with van der Waals surface area (Å²) in [5.74, 6) is 0.0383. The predicted molar refractivity (Wildman–Crippen MR) is 54.6 cm³/mol. The third-order valence-electron chi connectivity index (χ3n) is 1.99. The van der Waals surface area contributed by atoms with Crippen molar-refractivity contribution in [2.24, 2.45) is 0 Å². The van der Waals surface area contributed by atoms with Crippen LogP contribution in [0.1, 0.15) is 12.2 Å². The van der Waals surface area contributed by atoms with Crippen molar-refractivity contribution < 1.29 is 13.2 Å². The Kier molecular flexibility index (Phi) is 2.82. The number of alkyl halides is 3. The number of hydrogen-bond acceptors (Lipinski definition) is 4. The van der Waals surface area contributed by atoms with Crippen LogP contribution in [-0.2, 0) is 6.42 Å². The Bertz CT molecular complexity index is 550. The number of nitrogens with zero attached hydrogens (tertiary/aromatic N) is 4. The Morgan fingerprint density at radius 2 is 2.06 bits per heavy atom. The lowest BCUT2D eigenvalue weighted by Crippen LogP contribution is -2.09. The molecule has 0 atom stereocenters. The molecule has 0 aliphatic rings. The zero-order valence-corrected chi connectivity index (χ0v) is 9.13. The molecule has 2 rings (SSSR count). The second kappa shape index (κ2) is 4.02. The van der Waals surface area contributed by atoms with Crippen molar-refractivity contribution in [3.05, 3.63) is 17.0 Å². The molecule has 2 aromatic rings. The molecule has 0 aromatic carbocycles. The fraction of sp³-hybridized carbons (Fsp3) is 0.375. The maximum Gasteiger partial charge on any atom is 0.389 e. The van der Waals surface area contributed by atoms with Crippen LogP contribution in [0.4, 0.5) is 19.1 Å². The number of rotatable bonds is 2. The van der Waals surface area contributed by atoms with E-state index in [9.17, 15) is 13.2 Å². The zero-order chi connectivity index (χ0) is 12.6. The van der Waals surface area contributed by atoms with Gasteiger partial charge >= 0.3 is 6.18 Å². The van der Waals surface area contributed by atoms with Crippen LogP contribution < -0.4 is 5.73 Å². The number of anilines is 1. The van der Waals surface area contributed by atoms with E-state index in [-0.39, 0.29) is 29.0 Å². The smallest absolute Gasteiger partial charge is 0.368 e. The number of hydrogen-bond donors (Lipinski definition) is 1. The van der Waals surface area contributed by atoms with E-state index >= 15 is 0 Å². The van der Waals surface area contributed by atoms with Crippen LogP contribution >= 0.6 is 11.6 Å². The van der Waals surface area contributed by atoms with Crippen molar-refractivity contribution in [1.29, 1.82) is 0 Å². The molecular weight excluding hydrogens is 259 g/mol. The van der Waals surface area contributed by atoms with Gasteiger partial charge in [-0.2, -0.15) is 17.7 Å². The van der Waals surface area contributed by atoms with Gasteiger partial charge in [0.15, 0.2) is 11.5 Å². The van der Waals surface area contributed by atoms with Gasteiger partial charge in [0.2, 0.25) is 5.95 Å². The summed E-state index contributed by atoms with van der Waals surface area (Å²) in [5, 5.41) is 3.93. The lowest BCUT2D eigenvalue weighted by Gasteiger charge is -2.02. The SMILES string of the molecule is Nc1nc(Cl)cc2nc(CCC(F)(F)F)nn12. The first-order valence-corrected chi connectivity index (χ1v) is 4.97. The molecule has 0 saturated carbocycles. The van der Waals surface area contributed by atoms with Crippen molar-refractivity contribution >= 4 is 23.2 Å². The first-order chi connectivity index (χ1) is 7.85. The fourth-order valence-electron chi connectivity index (χ4n) is 1.29. The van der Waals surface area contributed by atoms with Crippen LogP contribution in [0.15, 0.2) is 6.07 Å². The van der Waals surface area contributed by atoms with Gasteiger partial charge in [-0.1, -0.05) is 11.6 Å². The molecule has 0 amide bonds. The molecule has 92 valence electrons. The third kappa shape index (κ3) is 2.76. The lowest BCUT2D eigenvalue weighted by molar-refractivity contribution is -0.134. The molecule has 17 heavy (non-hydrogen) atoms. The Hall–Kier alpha value is -1.57. The van der Waals surface area contributed by atoms with Crippen LogP contribution in [0.2, 0.25) is 5.15 Å². The number of fused-ring (bicyclic) bond motifs is 1. The largest absolute Gasteiger partial charge is 0.389 e. The van der Waals surface area contributed by atoms with Crippen LogP contribution in [0.25, 0.3) is 5.65 Å². The molecule has 0 unspecified atom stereocenters. The zero-order valence-electron chi connectivity index (χ0n) is 8.37. The highest BCUT2D eigenvalue weighted by atomic mass is 35.5. The van der Waals surface area contributed by atoms with Crippen molar-refractivity contribution in [2.75, 3.05) is 5.73 Å². The first kappa shape index (κ1) is 11.9. The molecule has 0 fully saturated rings. The van der Waals surface area contributed by atoms with Crippen molar-refractivity contribution in [3.8, 4) is 0 Å². The molecule has 0 radical (unpaired) electrons. The molecular formula is C8H7ClF3N5. The maximum absolute atomic E-state index is 12.0. The Morgan fingerprint density at radius 1 is 1.35 bits per heavy atom. The third-order valence-corrected chi connectivity index (χ3v) is 2.19. The van der Waals surface area contributed by atoms with E-state index in [4.69, 9.17) is 17.3 Å². The van der Waals surface area contributed by atoms with Gasteiger partial charge in [-0.05, 0) is 0 Å². The summed E-state index contributed by atoms with van der Waals surface area (Å²) in [5.41, 5.74) is 5.77. The summed E-state index contributed by atoms with van der Waals surface area (Å²) >= 11 is 5.63. The Balaban J connectivity index is 2.29. The van der Waals surface area contributed by atoms with Crippen LogP contribution in [0, 0.1) is 0 Å². The predicted octanol–water partition coefficient (Wildman–Crippen LogP) is 1.85. The number of aryl methyl sites for hydroxylation is 1. The van der Waals surface area contributed by atoms with E-state index in [0.717, 1.165) is 4.52 Å².